The summed E-state index contributed by atoms with van der Waals surface area (Å²) in [4.78, 5) is 35.4. The number of hydrogen-bond donors (Lipinski definition) is 2. The van der Waals surface area contributed by atoms with Gasteiger partial charge in [-0.05, 0) is 42.5 Å². The standard InChI is InChI=1S/C25H18N4O5/c30-23(11-9-19-16-26-28-25(19)18-5-2-7-21(15-18)29(32)33)17-4-1-6-20(14-17)27-24(31)12-10-22-8-3-13-34-22/h1-16H,(H,26,28)(H,27,31)/b11-9+,12-10+. The van der Waals surface area contributed by atoms with Gasteiger partial charge in [0.25, 0.3) is 5.69 Å². The SMILES string of the molecule is O=C(/C=C/c1ccco1)Nc1cccc(C(=O)/C=C/c2cn[nH]c2-c2cccc([N+](=O)[O-])c2)c1. The number of H-pyrrole nitrogens is 1. The van der Waals surface area contributed by atoms with Gasteiger partial charge in [0.05, 0.1) is 23.1 Å². The topological polar surface area (TPSA) is 131 Å². The molecule has 0 aliphatic carbocycles. The Morgan fingerprint density at radius 3 is 2.68 bits per heavy atom. The average Bonchev–Trinajstić information content (AvgIpc) is 3.53. The van der Waals surface area contributed by atoms with Crippen LogP contribution in [0.15, 0.2) is 89.7 Å². The zero-order valence-corrected chi connectivity index (χ0v) is 17.7. The molecule has 0 aliphatic rings. The Hall–Kier alpha value is -5.05. The monoisotopic (exact) mass is 454 g/mol. The van der Waals surface area contributed by atoms with Crippen molar-refractivity contribution in [3.8, 4) is 11.3 Å². The number of benzene rings is 2. The number of anilines is 1. The third kappa shape index (κ3) is 5.40. The summed E-state index contributed by atoms with van der Waals surface area (Å²) >= 11 is 0. The summed E-state index contributed by atoms with van der Waals surface area (Å²) in [6.07, 6.45) is 8.87. The van der Waals surface area contributed by atoms with Crippen molar-refractivity contribution in [3.05, 3.63) is 112 Å². The van der Waals surface area contributed by atoms with Crippen molar-refractivity contribution in [2.45, 2.75) is 0 Å². The van der Waals surface area contributed by atoms with Crippen molar-refractivity contribution >= 4 is 35.2 Å². The number of nitrogens with zero attached hydrogens (tertiary/aromatic N) is 2. The van der Waals surface area contributed by atoms with Crippen molar-refractivity contribution in [2.24, 2.45) is 0 Å². The molecule has 0 aliphatic heterocycles. The van der Waals surface area contributed by atoms with E-state index in [9.17, 15) is 19.7 Å². The number of nitro groups is 1. The number of non-ortho nitro benzene ring substituents is 1. The van der Waals surface area contributed by atoms with Gasteiger partial charge in [-0.25, -0.2) is 0 Å². The minimum Gasteiger partial charge on any atom is -0.465 e. The number of amides is 1. The number of furan rings is 1. The predicted octanol–water partition coefficient (Wildman–Crippen LogP) is 5.13. The lowest BCUT2D eigenvalue weighted by molar-refractivity contribution is -0.384. The van der Waals surface area contributed by atoms with Gasteiger partial charge in [-0.3, -0.25) is 24.8 Å². The van der Waals surface area contributed by atoms with Crippen molar-refractivity contribution in [1.29, 1.82) is 0 Å². The highest BCUT2D eigenvalue weighted by atomic mass is 16.6. The molecule has 9 heteroatoms. The van der Waals surface area contributed by atoms with Gasteiger partial charge >= 0.3 is 0 Å². The van der Waals surface area contributed by atoms with Gasteiger partial charge in [0.2, 0.25) is 5.91 Å². The summed E-state index contributed by atoms with van der Waals surface area (Å²) in [6, 6.07) is 16.1. The van der Waals surface area contributed by atoms with Crippen LogP contribution in [-0.4, -0.2) is 26.8 Å². The van der Waals surface area contributed by atoms with Crippen LogP contribution in [0.1, 0.15) is 21.7 Å². The molecule has 0 bridgehead atoms. The van der Waals surface area contributed by atoms with E-state index in [1.807, 2.05) is 0 Å². The summed E-state index contributed by atoms with van der Waals surface area (Å²) in [6.45, 7) is 0. The maximum absolute atomic E-state index is 12.7. The Kier molecular flexibility index (Phi) is 6.55. The number of nitrogens with one attached hydrogen (secondary N) is 2. The molecule has 2 N–H and O–H groups in total. The highest BCUT2D eigenvalue weighted by molar-refractivity contribution is 6.08. The van der Waals surface area contributed by atoms with Gasteiger partial charge in [0.15, 0.2) is 5.78 Å². The highest BCUT2D eigenvalue weighted by Crippen LogP contribution is 2.26. The molecular weight excluding hydrogens is 436 g/mol. The first-order chi connectivity index (χ1) is 16.5. The van der Waals surface area contributed by atoms with Crippen LogP contribution in [0, 0.1) is 10.1 Å². The Morgan fingerprint density at radius 1 is 1.03 bits per heavy atom. The second-order valence-corrected chi connectivity index (χ2v) is 7.12. The normalized spacial score (nSPS) is 11.2. The minimum atomic E-state index is -0.475. The Morgan fingerprint density at radius 2 is 1.88 bits per heavy atom. The quantitative estimate of drug-likeness (QED) is 0.164. The van der Waals surface area contributed by atoms with Gasteiger partial charge in [-0.15, -0.1) is 0 Å². The maximum atomic E-state index is 12.7. The molecule has 9 nitrogen and oxygen atoms in total. The third-order valence-electron chi connectivity index (χ3n) is 4.79. The summed E-state index contributed by atoms with van der Waals surface area (Å²) in [5, 5.41) is 20.5. The molecule has 2 aromatic carbocycles. The number of aromatic nitrogens is 2. The fourth-order valence-electron chi connectivity index (χ4n) is 3.17. The Bertz CT molecular complexity index is 1400. The second-order valence-electron chi connectivity index (χ2n) is 7.12. The number of ketones is 1. The van der Waals surface area contributed by atoms with Crippen LogP contribution in [0.25, 0.3) is 23.4 Å². The van der Waals surface area contributed by atoms with Crippen molar-refractivity contribution < 1.29 is 18.9 Å². The van der Waals surface area contributed by atoms with E-state index >= 15 is 0 Å². The lowest BCUT2D eigenvalue weighted by Gasteiger charge is -2.04. The molecule has 2 heterocycles. The molecule has 168 valence electrons. The first-order valence-corrected chi connectivity index (χ1v) is 10.1. The Labute approximate surface area is 193 Å². The molecule has 34 heavy (non-hydrogen) atoms. The van der Waals surface area contributed by atoms with E-state index in [4.69, 9.17) is 4.42 Å². The molecule has 0 saturated heterocycles. The second kappa shape index (κ2) is 10.0. The first kappa shape index (κ1) is 22.2. The zero-order chi connectivity index (χ0) is 23.9. The van der Waals surface area contributed by atoms with E-state index in [1.165, 1.54) is 42.8 Å². The Balaban J connectivity index is 1.46. The zero-order valence-electron chi connectivity index (χ0n) is 17.7. The fraction of sp³-hybridized carbons (Fsp3) is 0. The minimum absolute atomic E-state index is 0.0454. The molecule has 1 amide bonds. The molecule has 4 aromatic rings. The third-order valence-corrected chi connectivity index (χ3v) is 4.79. The van der Waals surface area contributed by atoms with Gasteiger partial charge in [0.1, 0.15) is 5.76 Å². The van der Waals surface area contributed by atoms with E-state index in [1.54, 1.807) is 54.6 Å². The van der Waals surface area contributed by atoms with Crippen LogP contribution in [0.3, 0.4) is 0 Å². The van der Waals surface area contributed by atoms with Crippen molar-refractivity contribution in [1.82, 2.24) is 10.2 Å². The van der Waals surface area contributed by atoms with Gasteiger partial charge in [0, 0.05) is 40.6 Å². The van der Waals surface area contributed by atoms with Gasteiger partial charge < -0.3 is 9.73 Å². The number of hydrogen-bond acceptors (Lipinski definition) is 6. The largest absolute Gasteiger partial charge is 0.465 e. The number of aromatic amines is 1. The lowest BCUT2D eigenvalue weighted by Crippen LogP contribution is -2.08. The van der Waals surface area contributed by atoms with E-state index in [0.717, 1.165) is 0 Å². The van der Waals surface area contributed by atoms with Crippen molar-refractivity contribution in [3.63, 3.8) is 0 Å². The smallest absolute Gasteiger partial charge is 0.270 e. The molecule has 0 unspecified atom stereocenters. The van der Waals surface area contributed by atoms with Crippen LogP contribution in [-0.2, 0) is 4.79 Å². The first-order valence-electron chi connectivity index (χ1n) is 10.1. The molecule has 0 saturated carbocycles. The number of nitro benzene ring substituents is 1. The highest BCUT2D eigenvalue weighted by Gasteiger charge is 2.11. The summed E-state index contributed by atoms with van der Waals surface area (Å²) in [5.74, 6) is -0.0992. The van der Waals surface area contributed by atoms with Crippen LogP contribution in [0.5, 0.6) is 0 Å². The van der Waals surface area contributed by atoms with Crippen LogP contribution in [0.4, 0.5) is 11.4 Å². The van der Waals surface area contributed by atoms with Crippen LogP contribution in [0.2, 0.25) is 0 Å². The van der Waals surface area contributed by atoms with Crippen LogP contribution >= 0.6 is 0 Å². The van der Waals surface area contributed by atoms with E-state index < -0.39 is 4.92 Å². The molecule has 0 fully saturated rings. The van der Waals surface area contributed by atoms with Gasteiger partial charge in [-0.2, -0.15) is 5.10 Å². The molecule has 2 aromatic heterocycles. The number of rotatable bonds is 8. The molecule has 0 spiro atoms. The number of allylic oxidation sites excluding steroid dienone is 1. The number of carbonyl (C=O) groups excluding carboxylic acids is 2. The molecule has 0 radical (unpaired) electrons. The predicted molar refractivity (Wildman–Crippen MR) is 127 cm³/mol. The van der Waals surface area contributed by atoms with E-state index in [2.05, 4.69) is 15.5 Å². The van der Waals surface area contributed by atoms with Gasteiger partial charge in [-0.1, -0.05) is 24.3 Å². The fourth-order valence-corrected chi connectivity index (χ4v) is 3.17. The summed E-state index contributed by atoms with van der Waals surface area (Å²) < 4.78 is 5.14. The molecule has 0 atom stereocenters. The summed E-state index contributed by atoms with van der Waals surface area (Å²) in [7, 11) is 0. The summed E-state index contributed by atoms with van der Waals surface area (Å²) in [5.41, 5.74) is 2.53. The van der Waals surface area contributed by atoms with Crippen LogP contribution < -0.4 is 5.32 Å². The molecule has 4 rings (SSSR count). The lowest BCUT2D eigenvalue weighted by atomic mass is 10.1. The van der Waals surface area contributed by atoms with Crippen molar-refractivity contribution in [2.75, 3.05) is 5.32 Å². The number of carbonyl (C=O) groups is 2. The van der Waals surface area contributed by atoms with E-state index in [-0.39, 0.29) is 17.4 Å². The molecular formula is C25H18N4O5. The average molecular weight is 454 g/mol. The maximum Gasteiger partial charge on any atom is 0.270 e. The van der Waals surface area contributed by atoms with E-state index in [0.29, 0.717) is 33.8 Å².